The third kappa shape index (κ3) is 4.21. The second-order valence-corrected chi connectivity index (χ2v) is 11.7. The number of thiazole rings is 1. The number of aromatic amines is 1. The number of fused-ring (bicyclic) bond motifs is 1. The molecule has 4 aromatic heterocycles. The maximum Gasteiger partial charge on any atom is 0.197 e. The van der Waals surface area contributed by atoms with Gasteiger partial charge in [-0.3, -0.25) is 5.10 Å². The second kappa shape index (κ2) is 9.24. The van der Waals surface area contributed by atoms with Crippen LogP contribution in [-0.4, -0.2) is 61.7 Å². The van der Waals surface area contributed by atoms with Crippen LogP contribution in [0.2, 0.25) is 0 Å². The van der Waals surface area contributed by atoms with E-state index in [-0.39, 0.29) is 11.5 Å². The van der Waals surface area contributed by atoms with Crippen molar-refractivity contribution in [2.24, 2.45) is 0 Å². The van der Waals surface area contributed by atoms with Crippen molar-refractivity contribution in [1.29, 1.82) is 0 Å². The Morgan fingerprint density at radius 1 is 1.22 bits per heavy atom. The van der Waals surface area contributed by atoms with Gasteiger partial charge in [0.05, 0.1) is 37.3 Å². The van der Waals surface area contributed by atoms with Crippen molar-refractivity contribution < 1.29 is 9.47 Å². The van der Waals surface area contributed by atoms with E-state index in [2.05, 4.69) is 47.5 Å². The molecule has 0 bridgehead atoms. The highest BCUT2D eigenvalue weighted by atomic mass is 32.1. The van der Waals surface area contributed by atoms with Gasteiger partial charge in [0.25, 0.3) is 0 Å². The number of hydrogen-bond acceptors (Lipinski definition) is 8. The number of methoxy groups -OCH3 is 1. The molecule has 1 saturated carbocycles. The first-order chi connectivity index (χ1) is 17.4. The fourth-order valence-corrected chi connectivity index (χ4v) is 6.66. The average molecular weight is 508 g/mol. The van der Waals surface area contributed by atoms with E-state index in [1.807, 2.05) is 12.3 Å². The lowest BCUT2D eigenvalue weighted by Gasteiger charge is -2.43. The summed E-state index contributed by atoms with van der Waals surface area (Å²) in [7, 11) is 1.65. The zero-order valence-electron chi connectivity index (χ0n) is 21.2. The molecule has 10 heteroatoms. The molecule has 0 amide bonds. The molecule has 0 aromatic carbocycles. The molecule has 2 N–H and O–H groups in total. The molecular weight excluding hydrogens is 474 g/mol. The van der Waals surface area contributed by atoms with Crippen LogP contribution < -0.4 is 10.1 Å². The van der Waals surface area contributed by atoms with E-state index in [1.54, 1.807) is 23.0 Å². The molecule has 36 heavy (non-hydrogen) atoms. The highest BCUT2D eigenvalue weighted by Gasteiger charge is 2.36. The number of pyridine rings is 1. The van der Waals surface area contributed by atoms with E-state index in [0.29, 0.717) is 23.4 Å². The van der Waals surface area contributed by atoms with Gasteiger partial charge >= 0.3 is 0 Å². The van der Waals surface area contributed by atoms with Gasteiger partial charge in [-0.05, 0) is 50.5 Å². The molecule has 0 atom stereocenters. The van der Waals surface area contributed by atoms with Crippen LogP contribution in [0.1, 0.15) is 68.7 Å². The zero-order chi connectivity index (χ0) is 24.9. The summed E-state index contributed by atoms with van der Waals surface area (Å²) in [5.41, 5.74) is 4.84. The van der Waals surface area contributed by atoms with E-state index in [4.69, 9.17) is 19.6 Å². The van der Waals surface area contributed by atoms with E-state index in [9.17, 15) is 0 Å². The maximum absolute atomic E-state index is 5.57. The lowest BCUT2D eigenvalue weighted by atomic mass is 9.84. The Balaban J connectivity index is 1.24. The normalized spacial score (nSPS) is 21.7. The number of nitrogens with zero attached hydrogens (tertiary/aromatic N) is 5. The standard InChI is InChI=1S/C26H33N7O2S/c1-15(2)21-22(17-9-19(34-4)24-28-14-29-33(24)11-17)31-32-23(21)25-27-10-20(36-25)16-5-7-18(8-6-16)30-26(3)12-35-13-26/h9-11,14-16,18,30H,5-8,12-13H2,1-4H3,(H,31,32). The third-order valence-corrected chi connectivity index (χ3v) is 8.65. The molecule has 4 aromatic rings. The first-order valence-electron chi connectivity index (χ1n) is 12.7. The summed E-state index contributed by atoms with van der Waals surface area (Å²) in [5.74, 6) is 1.50. The van der Waals surface area contributed by atoms with Crippen LogP contribution in [0, 0.1) is 0 Å². The predicted molar refractivity (Wildman–Crippen MR) is 140 cm³/mol. The van der Waals surface area contributed by atoms with Crippen LogP contribution in [0.25, 0.3) is 27.6 Å². The minimum atomic E-state index is 0.170. The second-order valence-electron chi connectivity index (χ2n) is 10.7. The van der Waals surface area contributed by atoms with Gasteiger partial charge in [0.1, 0.15) is 11.3 Å². The van der Waals surface area contributed by atoms with Gasteiger partial charge in [-0.15, -0.1) is 11.3 Å². The number of rotatable bonds is 7. The average Bonchev–Trinajstić information content (AvgIpc) is 3.61. The number of nitrogens with one attached hydrogen (secondary N) is 2. The lowest BCUT2D eigenvalue weighted by molar-refractivity contribution is -0.0712. The van der Waals surface area contributed by atoms with Gasteiger partial charge in [0.2, 0.25) is 0 Å². The molecule has 2 aliphatic rings. The molecule has 0 unspecified atom stereocenters. The van der Waals surface area contributed by atoms with E-state index in [0.717, 1.165) is 40.7 Å². The summed E-state index contributed by atoms with van der Waals surface area (Å²) in [5, 5.41) is 17.2. The smallest absolute Gasteiger partial charge is 0.197 e. The SMILES string of the molecule is COc1cc(-c2n[nH]c(-c3ncc(C4CCC(NC5(C)COC5)CC4)s3)c2C(C)C)cn2ncnc12. The van der Waals surface area contributed by atoms with Gasteiger partial charge in [0.15, 0.2) is 11.4 Å². The highest BCUT2D eigenvalue weighted by Crippen LogP contribution is 2.42. The maximum atomic E-state index is 5.57. The molecule has 1 aliphatic carbocycles. The van der Waals surface area contributed by atoms with Gasteiger partial charge < -0.3 is 14.8 Å². The van der Waals surface area contributed by atoms with Gasteiger partial charge in [-0.25, -0.2) is 14.5 Å². The van der Waals surface area contributed by atoms with Crippen LogP contribution in [0.15, 0.2) is 24.8 Å². The Bertz CT molecular complexity index is 1360. The third-order valence-electron chi connectivity index (χ3n) is 7.48. The van der Waals surface area contributed by atoms with Crippen LogP contribution in [0.5, 0.6) is 5.75 Å². The number of aromatic nitrogens is 6. The summed E-state index contributed by atoms with van der Waals surface area (Å²) in [4.78, 5) is 10.5. The number of ether oxygens (including phenoxy) is 2. The van der Waals surface area contributed by atoms with Gasteiger partial charge in [-0.1, -0.05) is 13.8 Å². The Labute approximate surface area is 214 Å². The van der Waals surface area contributed by atoms with Crippen LogP contribution in [-0.2, 0) is 4.74 Å². The molecule has 190 valence electrons. The van der Waals surface area contributed by atoms with Crippen LogP contribution in [0.4, 0.5) is 0 Å². The zero-order valence-corrected chi connectivity index (χ0v) is 22.1. The Morgan fingerprint density at radius 3 is 2.72 bits per heavy atom. The van der Waals surface area contributed by atoms with Crippen LogP contribution in [0.3, 0.4) is 0 Å². The minimum absolute atomic E-state index is 0.170. The topological polar surface area (TPSA) is 102 Å². The minimum Gasteiger partial charge on any atom is -0.493 e. The van der Waals surface area contributed by atoms with Crippen molar-refractivity contribution >= 4 is 17.0 Å². The molecule has 0 spiro atoms. The largest absolute Gasteiger partial charge is 0.493 e. The Morgan fingerprint density at radius 2 is 2.03 bits per heavy atom. The van der Waals surface area contributed by atoms with Crippen molar-refractivity contribution in [3.8, 4) is 27.7 Å². The highest BCUT2D eigenvalue weighted by molar-refractivity contribution is 7.15. The predicted octanol–water partition coefficient (Wildman–Crippen LogP) is 4.78. The fraction of sp³-hybridized carbons (Fsp3) is 0.538. The van der Waals surface area contributed by atoms with Crippen molar-refractivity contribution in [1.82, 2.24) is 35.1 Å². The molecule has 0 radical (unpaired) electrons. The first kappa shape index (κ1) is 23.6. The molecule has 2 fully saturated rings. The Hall–Kier alpha value is -2.82. The monoisotopic (exact) mass is 507 g/mol. The van der Waals surface area contributed by atoms with Crippen LogP contribution >= 0.6 is 11.3 Å². The molecular formula is C26H33N7O2S. The van der Waals surface area contributed by atoms with E-state index < -0.39 is 0 Å². The van der Waals surface area contributed by atoms with Crippen molar-refractivity contribution in [2.45, 2.75) is 69.9 Å². The molecule has 1 saturated heterocycles. The summed E-state index contributed by atoms with van der Waals surface area (Å²) in [6.45, 7) is 8.31. The summed E-state index contributed by atoms with van der Waals surface area (Å²) < 4.78 is 12.7. The summed E-state index contributed by atoms with van der Waals surface area (Å²) in [6, 6.07) is 2.57. The van der Waals surface area contributed by atoms with Gasteiger partial charge in [0, 0.05) is 34.4 Å². The molecule has 6 rings (SSSR count). The van der Waals surface area contributed by atoms with Crippen molar-refractivity contribution in [2.75, 3.05) is 20.3 Å². The first-order valence-corrected chi connectivity index (χ1v) is 13.5. The van der Waals surface area contributed by atoms with Crippen molar-refractivity contribution in [3.63, 3.8) is 0 Å². The van der Waals surface area contributed by atoms with Crippen molar-refractivity contribution in [3.05, 3.63) is 35.2 Å². The quantitative estimate of drug-likeness (QED) is 0.371. The van der Waals surface area contributed by atoms with E-state index >= 15 is 0 Å². The fourth-order valence-electron chi connectivity index (χ4n) is 5.57. The number of H-pyrrole nitrogens is 1. The number of hydrogen-bond donors (Lipinski definition) is 2. The Kier molecular flexibility index (Phi) is 6.05. The molecule has 1 aliphatic heterocycles. The van der Waals surface area contributed by atoms with Gasteiger partial charge in [-0.2, -0.15) is 10.2 Å². The molecule has 9 nitrogen and oxygen atoms in total. The summed E-state index contributed by atoms with van der Waals surface area (Å²) in [6.07, 6.45) is 10.3. The summed E-state index contributed by atoms with van der Waals surface area (Å²) >= 11 is 1.80. The lowest BCUT2D eigenvalue weighted by Crippen LogP contribution is -2.61. The molecule has 5 heterocycles. The van der Waals surface area contributed by atoms with E-state index in [1.165, 1.54) is 36.9 Å².